The first-order chi connectivity index (χ1) is 3.13. The molecule has 0 spiro atoms. The van der Waals surface area contributed by atoms with Crippen LogP contribution in [0.4, 0.5) is 8.78 Å². The fourth-order valence-corrected chi connectivity index (χ4v) is 0.281. The number of nitrogens with two attached hydrogens (primary N) is 1. The summed E-state index contributed by atoms with van der Waals surface area (Å²) in [7, 11) is 0. The van der Waals surface area contributed by atoms with Crippen LogP contribution in [-0.4, -0.2) is 12.5 Å². The van der Waals surface area contributed by atoms with Crippen molar-refractivity contribution in [3.8, 4) is 0 Å². The molecule has 8 heavy (non-hydrogen) atoms. The molecule has 1 nitrogen and oxygen atoms in total. The van der Waals surface area contributed by atoms with Gasteiger partial charge in [-0.25, -0.2) is 8.78 Å². The fourth-order valence-electron chi connectivity index (χ4n) is 0.281. The van der Waals surface area contributed by atoms with Gasteiger partial charge in [0.2, 0.25) is 6.43 Å². The molecule has 4 heteroatoms. The van der Waals surface area contributed by atoms with Crippen LogP contribution in [0.1, 0.15) is 13.3 Å². The van der Waals surface area contributed by atoms with Gasteiger partial charge >= 0.3 is 0 Å². The highest BCUT2D eigenvalue weighted by Crippen LogP contribution is 1.99. The molecule has 0 saturated heterocycles. The summed E-state index contributed by atoms with van der Waals surface area (Å²) in [6.07, 6.45) is -2.44. The molecule has 0 aliphatic carbocycles. The van der Waals surface area contributed by atoms with E-state index in [-0.39, 0.29) is 24.9 Å². The van der Waals surface area contributed by atoms with Crippen molar-refractivity contribution in [1.82, 2.24) is 0 Å². The monoisotopic (exact) mass is 145 g/mol. The quantitative estimate of drug-likeness (QED) is 0.625. The minimum atomic E-state index is -2.25. The summed E-state index contributed by atoms with van der Waals surface area (Å²) in [5, 5.41) is 0. The molecule has 0 saturated carbocycles. The molecule has 52 valence electrons. The number of rotatable bonds is 2. The third-order valence-electron chi connectivity index (χ3n) is 0.550. The Balaban J connectivity index is 0. The van der Waals surface area contributed by atoms with Crippen molar-refractivity contribution in [2.24, 2.45) is 5.73 Å². The van der Waals surface area contributed by atoms with E-state index in [1.807, 2.05) is 0 Å². The largest absolute Gasteiger partial charge is 0.328 e. The average molecular weight is 146 g/mol. The van der Waals surface area contributed by atoms with Crippen LogP contribution in [0.2, 0.25) is 0 Å². The Morgan fingerprint density at radius 3 is 1.88 bits per heavy atom. The van der Waals surface area contributed by atoms with Gasteiger partial charge in [-0.15, -0.1) is 12.4 Å². The molecule has 0 unspecified atom stereocenters. The van der Waals surface area contributed by atoms with Crippen LogP contribution in [-0.2, 0) is 0 Å². The molecule has 0 fully saturated rings. The van der Waals surface area contributed by atoms with Gasteiger partial charge in [0.05, 0.1) is 0 Å². The topological polar surface area (TPSA) is 26.0 Å². The molecule has 0 rings (SSSR count). The fraction of sp³-hybridized carbons (Fsp3) is 1.00. The normalized spacial score (nSPS) is 13.1. The summed E-state index contributed by atoms with van der Waals surface area (Å²) >= 11 is 0. The molecular formula is C4H10ClF2N. The van der Waals surface area contributed by atoms with Gasteiger partial charge in [-0.2, -0.15) is 0 Å². The van der Waals surface area contributed by atoms with Crippen molar-refractivity contribution in [2.45, 2.75) is 25.8 Å². The lowest BCUT2D eigenvalue weighted by Crippen LogP contribution is -2.17. The van der Waals surface area contributed by atoms with Gasteiger partial charge in [0.1, 0.15) is 0 Å². The summed E-state index contributed by atoms with van der Waals surface area (Å²) in [5.74, 6) is 0. The number of hydrogen-bond acceptors (Lipinski definition) is 1. The van der Waals surface area contributed by atoms with Crippen molar-refractivity contribution in [3.05, 3.63) is 0 Å². The predicted molar refractivity (Wildman–Crippen MR) is 31.5 cm³/mol. The van der Waals surface area contributed by atoms with Crippen LogP contribution in [0.25, 0.3) is 0 Å². The Hall–Kier alpha value is 0.110. The van der Waals surface area contributed by atoms with Crippen molar-refractivity contribution in [1.29, 1.82) is 0 Å². The second kappa shape index (κ2) is 5.25. The number of alkyl halides is 2. The molecule has 2 N–H and O–H groups in total. The van der Waals surface area contributed by atoms with E-state index >= 15 is 0 Å². The maximum absolute atomic E-state index is 11.2. The van der Waals surface area contributed by atoms with Gasteiger partial charge in [-0.05, 0) is 6.92 Å². The zero-order chi connectivity index (χ0) is 5.86. The Morgan fingerprint density at radius 2 is 1.88 bits per heavy atom. The molecule has 0 radical (unpaired) electrons. The first-order valence-corrected chi connectivity index (χ1v) is 2.16. The average Bonchev–Trinajstić information content (AvgIpc) is 1.27. The van der Waals surface area contributed by atoms with Gasteiger partial charge in [0.25, 0.3) is 0 Å². The molecule has 0 bridgehead atoms. The van der Waals surface area contributed by atoms with Crippen molar-refractivity contribution in [3.63, 3.8) is 0 Å². The number of hydrogen-bond donors (Lipinski definition) is 1. The maximum Gasteiger partial charge on any atom is 0.240 e. The van der Waals surface area contributed by atoms with E-state index < -0.39 is 6.43 Å². The highest BCUT2D eigenvalue weighted by atomic mass is 35.5. The minimum Gasteiger partial charge on any atom is -0.328 e. The zero-order valence-corrected chi connectivity index (χ0v) is 5.42. The van der Waals surface area contributed by atoms with Crippen LogP contribution in [0.3, 0.4) is 0 Å². The standard InChI is InChI=1S/C4H9F2N.ClH/c1-3(7)2-4(5)6;/h3-4H,2,7H2,1H3;1H/t3-;/m1./s1. The molecular weight excluding hydrogens is 136 g/mol. The second-order valence-electron chi connectivity index (χ2n) is 1.60. The highest BCUT2D eigenvalue weighted by Gasteiger charge is 2.03. The van der Waals surface area contributed by atoms with E-state index in [0.717, 1.165) is 0 Å². The van der Waals surface area contributed by atoms with Gasteiger partial charge < -0.3 is 5.73 Å². The molecule has 0 aromatic carbocycles. The second-order valence-corrected chi connectivity index (χ2v) is 1.60. The molecule has 0 aliphatic rings. The van der Waals surface area contributed by atoms with Crippen LogP contribution >= 0.6 is 12.4 Å². The Labute approximate surface area is 53.7 Å². The third-order valence-corrected chi connectivity index (χ3v) is 0.550. The van der Waals surface area contributed by atoms with Crippen LogP contribution in [0.5, 0.6) is 0 Å². The van der Waals surface area contributed by atoms with Gasteiger partial charge in [0, 0.05) is 12.5 Å². The molecule has 0 aromatic heterocycles. The number of halogens is 3. The van der Waals surface area contributed by atoms with Gasteiger partial charge in [0.15, 0.2) is 0 Å². The molecule has 0 aromatic rings. The summed E-state index contributed by atoms with van der Waals surface area (Å²) in [5.41, 5.74) is 5.01. The molecule has 0 aliphatic heterocycles. The van der Waals surface area contributed by atoms with Gasteiger partial charge in [-0.3, -0.25) is 0 Å². The first-order valence-electron chi connectivity index (χ1n) is 2.16. The van der Waals surface area contributed by atoms with Crippen molar-refractivity contribution >= 4 is 12.4 Å². The Bertz CT molecular complexity index is 43.3. The van der Waals surface area contributed by atoms with Crippen molar-refractivity contribution < 1.29 is 8.78 Å². The van der Waals surface area contributed by atoms with E-state index in [9.17, 15) is 8.78 Å². The summed E-state index contributed by atoms with van der Waals surface area (Å²) < 4.78 is 22.4. The maximum atomic E-state index is 11.2. The molecule has 0 heterocycles. The summed E-state index contributed by atoms with van der Waals surface area (Å²) in [6.45, 7) is 1.56. The van der Waals surface area contributed by atoms with E-state index in [2.05, 4.69) is 0 Å². The van der Waals surface area contributed by atoms with E-state index in [1.165, 1.54) is 0 Å². The predicted octanol–water partition coefficient (Wildman–Crippen LogP) is 1.41. The van der Waals surface area contributed by atoms with Crippen LogP contribution < -0.4 is 5.73 Å². The third kappa shape index (κ3) is 9.44. The smallest absolute Gasteiger partial charge is 0.240 e. The lowest BCUT2D eigenvalue weighted by Gasteiger charge is -2.00. The Kier molecular flexibility index (Phi) is 7.21. The summed E-state index contributed by atoms with van der Waals surface area (Å²) in [4.78, 5) is 0. The minimum absolute atomic E-state index is 0. The van der Waals surface area contributed by atoms with Crippen molar-refractivity contribution in [2.75, 3.05) is 0 Å². The molecule has 1 atom stereocenters. The van der Waals surface area contributed by atoms with Crippen LogP contribution in [0.15, 0.2) is 0 Å². The van der Waals surface area contributed by atoms with E-state index in [4.69, 9.17) is 5.73 Å². The summed E-state index contributed by atoms with van der Waals surface area (Å²) in [6, 6.07) is -0.375. The lowest BCUT2D eigenvalue weighted by atomic mass is 10.3. The van der Waals surface area contributed by atoms with Gasteiger partial charge in [-0.1, -0.05) is 0 Å². The Morgan fingerprint density at radius 1 is 1.50 bits per heavy atom. The van der Waals surface area contributed by atoms with E-state index in [0.29, 0.717) is 0 Å². The lowest BCUT2D eigenvalue weighted by molar-refractivity contribution is 0.130. The van der Waals surface area contributed by atoms with E-state index in [1.54, 1.807) is 6.92 Å². The molecule has 0 amide bonds. The zero-order valence-electron chi connectivity index (χ0n) is 4.60. The highest BCUT2D eigenvalue weighted by molar-refractivity contribution is 5.85. The first kappa shape index (κ1) is 11.0. The van der Waals surface area contributed by atoms with Crippen LogP contribution in [0, 0.1) is 0 Å². The SMILES string of the molecule is C[C@@H](N)CC(F)F.Cl.